The van der Waals surface area contributed by atoms with Crippen molar-refractivity contribution < 1.29 is 14.6 Å². The summed E-state index contributed by atoms with van der Waals surface area (Å²) in [5.41, 5.74) is 3.24. The molecule has 0 aliphatic heterocycles. The topological polar surface area (TPSA) is 68.5 Å². The lowest BCUT2D eigenvalue weighted by molar-refractivity contribution is -0.160. The van der Waals surface area contributed by atoms with Crippen LogP contribution in [0.25, 0.3) is 16.0 Å². The van der Waals surface area contributed by atoms with Crippen LogP contribution >= 0.6 is 11.3 Å². The fourth-order valence-corrected chi connectivity index (χ4v) is 5.57. The molecule has 180 valence electrons. The van der Waals surface area contributed by atoms with E-state index in [0.717, 1.165) is 57.7 Å². The smallest absolute Gasteiger partial charge is 0.337 e. The van der Waals surface area contributed by atoms with Gasteiger partial charge < -0.3 is 14.4 Å². The third kappa shape index (κ3) is 5.85. The number of rotatable bonds is 7. The van der Waals surface area contributed by atoms with E-state index < -0.39 is 17.7 Å². The molecule has 1 unspecified atom stereocenters. The Morgan fingerprint density at radius 3 is 2.55 bits per heavy atom. The molecule has 1 atom stereocenters. The van der Waals surface area contributed by atoms with Gasteiger partial charge in [-0.05, 0) is 76.0 Å². The van der Waals surface area contributed by atoms with Gasteiger partial charge in [0, 0.05) is 39.7 Å². The number of nitrogens with zero attached hydrogens (tertiary/aromatic N) is 1. The normalized spacial score (nSPS) is 17.0. The second-order valence-electron chi connectivity index (χ2n) is 10.8. The highest BCUT2D eigenvalue weighted by atomic mass is 32.1. The number of pyridine rings is 1. The van der Waals surface area contributed by atoms with E-state index in [4.69, 9.17) is 4.74 Å². The van der Waals surface area contributed by atoms with E-state index in [2.05, 4.69) is 19.9 Å². The Morgan fingerprint density at radius 1 is 1.33 bits per heavy atom. The van der Waals surface area contributed by atoms with E-state index in [0.29, 0.717) is 6.54 Å². The SMILES string of the molecule is CCCn1ccc(-c2sc(C)c(C(OC(C)(C)C)C(=O)O)c2C2=CCC(C)(C)CC2)cc1=O. The second kappa shape index (κ2) is 9.59. The highest BCUT2D eigenvalue weighted by Gasteiger charge is 2.35. The van der Waals surface area contributed by atoms with Crippen LogP contribution in [0.1, 0.15) is 89.3 Å². The molecule has 0 amide bonds. The highest BCUT2D eigenvalue weighted by Crippen LogP contribution is 2.48. The summed E-state index contributed by atoms with van der Waals surface area (Å²) in [5.74, 6) is -0.992. The summed E-state index contributed by atoms with van der Waals surface area (Å²) in [6.07, 6.45) is 6.76. The van der Waals surface area contributed by atoms with Crippen molar-refractivity contribution >= 4 is 22.9 Å². The first-order valence-corrected chi connectivity index (χ1v) is 12.6. The maximum Gasteiger partial charge on any atom is 0.337 e. The van der Waals surface area contributed by atoms with Crippen molar-refractivity contribution in [3.8, 4) is 10.4 Å². The van der Waals surface area contributed by atoms with Crippen LogP contribution in [0.5, 0.6) is 0 Å². The zero-order valence-electron chi connectivity index (χ0n) is 20.9. The molecule has 0 fully saturated rings. The van der Waals surface area contributed by atoms with Crippen molar-refractivity contribution in [1.29, 1.82) is 0 Å². The zero-order valence-corrected chi connectivity index (χ0v) is 21.8. The molecule has 0 aromatic carbocycles. The number of hydrogen-bond donors (Lipinski definition) is 1. The average Bonchev–Trinajstić information content (AvgIpc) is 3.04. The fourth-order valence-electron chi connectivity index (χ4n) is 4.36. The minimum atomic E-state index is -1.07. The minimum absolute atomic E-state index is 0.0348. The van der Waals surface area contributed by atoms with Crippen LogP contribution < -0.4 is 5.56 Å². The summed E-state index contributed by atoms with van der Waals surface area (Å²) < 4.78 is 7.79. The van der Waals surface area contributed by atoms with E-state index >= 15 is 0 Å². The van der Waals surface area contributed by atoms with Crippen LogP contribution in [0.4, 0.5) is 0 Å². The van der Waals surface area contributed by atoms with Crippen LogP contribution in [0, 0.1) is 12.3 Å². The van der Waals surface area contributed by atoms with Gasteiger partial charge in [0.1, 0.15) is 0 Å². The summed E-state index contributed by atoms with van der Waals surface area (Å²) in [7, 11) is 0. The molecule has 33 heavy (non-hydrogen) atoms. The zero-order chi connectivity index (χ0) is 24.6. The quantitative estimate of drug-likeness (QED) is 0.480. The molecule has 2 heterocycles. The third-order valence-electron chi connectivity index (χ3n) is 6.10. The number of carboxylic acids is 1. The molecule has 6 heteroatoms. The van der Waals surface area contributed by atoms with Crippen molar-refractivity contribution in [1.82, 2.24) is 4.57 Å². The molecule has 0 radical (unpaired) electrons. The monoisotopic (exact) mass is 471 g/mol. The first kappa shape index (κ1) is 25.4. The first-order chi connectivity index (χ1) is 15.3. The second-order valence-corrected chi connectivity index (χ2v) is 12.0. The van der Waals surface area contributed by atoms with Crippen LogP contribution in [-0.4, -0.2) is 21.2 Å². The van der Waals surface area contributed by atoms with E-state index in [1.54, 1.807) is 22.0 Å². The van der Waals surface area contributed by atoms with E-state index in [1.165, 1.54) is 0 Å². The van der Waals surface area contributed by atoms with Gasteiger partial charge >= 0.3 is 5.97 Å². The molecule has 1 N–H and O–H groups in total. The largest absolute Gasteiger partial charge is 0.479 e. The molecule has 1 aliphatic rings. The van der Waals surface area contributed by atoms with Gasteiger partial charge in [-0.25, -0.2) is 4.79 Å². The standard InChI is InChI=1S/C27H37NO4S/c1-8-14-28-15-11-19(16-20(28)29)24-22(18-9-12-27(6,7)13-10-18)21(17(2)33-24)23(25(30)31)32-26(3,4)5/h9,11,15-16,23H,8,10,12-14H2,1-7H3,(H,30,31). The third-order valence-corrected chi connectivity index (χ3v) is 7.27. The number of carbonyl (C=O) groups is 1. The van der Waals surface area contributed by atoms with Gasteiger partial charge in [-0.3, -0.25) is 4.79 Å². The van der Waals surface area contributed by atoms with Crippen LogP contribution in [-0.2, 0) is 16.1 Å². The number of aryl methyl sites for hydroxylation is 2. The average molecular weight is 472 g/mol. The van der Waals surface area contributed by atoms with Crippen molar-refractivity contribution in [3.05, 3.63) is 50.8 Å². The molecule has 0 spiro atoms. The van der Waals surface area contributed by atoms with Crippen molar-refractivity contribution in [2.24, 2.45) is 5.41 Å². The molecule has 1 aliphatic carbocycles. The molecule has 2 aromatic heterocycles. The Bertz CT molecular complexity index is 1110. The van der Waals surface area contributed by atoms with Crippen LogP contribution in [0.15, 0.2) is 29.2 Å². The summed E-state index contributed by atoms with van der Waals surface area (Å²) >= 11 is 1.55. The highest BCUT2D eigenvalue weighted by molar-refractivity contribution is 7.16. The van der Waals surface area contributed by atoms with Crippen LogP contribution in [0.2, 0.25) is 0 Å². The molecule has 5 nitrogen and oxygen atoms in total. The van der Waals surface area contributed by atoms with Gasteiger partial charge in [-0.1, -0.05) is 26.8 Å². The van der Waals surface area contributed by atoms with E-state index in [9.17, 15) is 14.7 Å². The van der Waals surface area contributed by atoms with Gasteiger partial charge in [-0.2, -0.15) is 0 Å². The fraction of sp³-hybridized carbons (Fsp3) is 0.556. The molecule has 0 bridgehead atoms. The summed E-state index contributed by atoms with van der Waals surface area (Å²) in [5, 5.41) is 10.1. The lowest BCUT2D eigenvalue weighted by Gasteiger charge is -2.31. The number of hydrogen-bond acceptors (Lipinski definition) is 4. The summed E-state index contributed by atoms with van der Waals surface area (Å²) in [6.45, 7) is 14.8. The van der Waals surface area contributed by atoms with Gasteiger partial charge in [0.15, 0.2) is 6.10 Å². The van der Waals surface area contributed by atoms with Crippen molar-refractivity contribution in [2.75, 3.05) is 0 Å². The summed E-state index contributed by atoms with van der Waals surface area (Å²) in [4.78, 5) is 27.0. The Morgan fingerprint density at radius 2 is 2.03 bits per heavy atom. The molecule has 0 saturated heterocycles. The van der Waals surface area contributed by atoms with Gasteiger partial charge in [0.05, 0.1) is 5.60 Å². The predicted octanol–water partition coefficient (Wildman–Crippen LogP) is 6.83. The van der Waals surface area contributed by atoms with Crippen LogP contribution in [0.3, 0.4) is 0 Å². The number of ether oxygens (including phenoxy) is 1. The summed E-state index contributed by atoms with van der Waals surface area (Å²) in [6, 6.07) is 3.66. The molecular weight excluding hydrogens is 434 g/mol. The molecular formula is C27H37NO4S. The lowest BCUT2D eigenvalue weighted by Crippen LogP contribution is -2.28. The number of carboxylic acid groups (broad SMARTS) is 1. The van der Waals surface area contributed by atoms with E-state index in [1.807, 2.05) is 46.9 Å². The molecule has 0 saturated carbocycles. The maximum atomic E-state index is 12.7. The van der Waals surface area contributed by atoms with Gasteiger partial charge in [-0.15, -0.1) is 11.3 Å². The Balaban J connectivity index is 2.24. The predicted molar refractivity (Wildman–Crippen MR) is 136 cm³/mol. The Labute approximate surface area is 201 Å². The first-order valence-electron chi connectivity index (χ1n) is 11.8. The van der Waals surface area contributed by atoms with E-state index in [-0.39, 0.29) is 11.0 Å². The number of aliphatic carboxylic acids is 1. The van der Waals surface area contributed by atoms with Gasteiger partial charge in [0.2, 0.25) is 0 Å². The number of thiophene rings is 1. The minimum Gasteiger partial charge on any atom is -0.479 e. The molecule has 3 rings (SSSR count). The lowest BCUT2D eigenvalue weighted by atomic mass is 9.76. The number of allylic oxidation sites excluding steroid dienone is 2. The van der Waals surface area contributed by atoms with Gasteiger partial charge in [0.25, 0.3) is 5.56 Å². The Kier molecular flexibility index (Phi) is 7.39. The van der Waals surface area contributed by atoms with Crippen molar-refractivity contribution in [3.63, 3.8) is 0 Å². The van der Waals surface area contributed by atoms with Crippen molar-refractivity contribution in [2.45, 2.75) is 92.4 Å². The molecule has 2 aromatic rings. The maximum absolute atomic E-state index is 12.7. The Hall–Kier alpha value is -2.18. The number of aromatic nitrogens is 1.